The van der Waals surface area contributed by atoms with Crippen molar-refractivity contribution < 1.29 is 0 Å². The summed E-state index contributed by atoms with van der Waals surface area (Å²) in [5.74, 6) is 1.87. The minimum atomic E-state index is 0.623. The zero-order chi connectivity index (χ0) is 44.1. The molecule has 312 valence electrons. The lowest BCUT2D eigenvalue weighted by atomic mass is 9.95. The molecule has 0 bridgehead atoms. The monoisotopic (exact) mass is 843 g/mol. The average Bonchev–Trinajstić information content (AvgIpc) is 3.42. The Morgan fingerprint density at radius 1 is 0.227 bits per heavy atom. The standard InChI is InChI=1S/C63H45N3/c1-4-14-44(15-5-1)53-20-10-23-56(40-53)47-28-34-50(35-29-47)61-64-62(51-36-30-48(31-37-51)57-24-11-21-54(41-57)45-16-6-2-7-17-45)66-63(65-61)52-38-32-49(33-39-52)58-25-13-27-60(43-58)59-26-12-22-55(42-59)46-18-8-3-9-19-46/h1,3-6,8-43H,2,7H2. The first-order chi connectivity index (χ1) is 32.7. The van der Waals surface area contributed by atoms with Gasteiger partial charge in [-0.3, -0.25) is 0 Å². The molecule has 0 spiro atoms. The highest BCUT2D eigenvalue weighted by molar-refractivity contribution is 5.81. The summed E-state index contributed by atoms with van der Waals surface area (Å²) in [6.07, 6.45) is 9.00. The van der Waals surface area contributed by atoms with Crippen LogP contribution in [0.5, 0.6) is 0 Å². The van der Waals surface area contributed by atoms with Crippen LogP contribution in [-0.2, 0) is 0 Å². The number of hydrogen-bond donors (Lipinski definition) is 0. The van der Waals surface area contributed by atoms with Gasteiger partial charge in [-0.15, -0.1) is 0 Å². The Morgan fingerprint density at radius 3 is 0.833 bits per heavy atom. The van der Waals surface area contributed by atoms with E-state index in [0.717, 1.165) is 57.3 Å². The third-order valence-corrected chi connectivity index (χ3v) is 12.4. The van der Waals surface area contributed by atoms with Gasteiger partial charge in [0.1, 0.15) is 0 Å². The molecule has 10 aromatic rings. The number of hydrogen-bond acceptors (Lipinski definition) is 3. The van der Waals surface area contributed by atoms with Crippen molar-refractivity contribution in [3.63, 3.8) is 0 Å². The van der Waals surface area contributed by atoms with Gasteiger partial charge in [-0.05, 0) is 115 Å². The predicted octanol–water partition coefficient (Wildman–Crippen LogP) is 16.6. The predicted molar refractivity (Wildman–Crippen MR) is 275 cm³/mol. The van der Waals surface area contributed by atoms with Gasteiger partial charge < -0.3 is 0 Å². The molecular weight excluding hydrogens is 799 g/mol. The van der Waals surface area contributed by atoms with E-state index >= 15 is 0 Å². The highest BCUT2D eigenvalue weighted by Crippen LogP contribution is 2.34. The Bertz CT molecular complexity index is 3370. The number of benzene rings is 9. The zero-order valence-corrected chi connectivity index (χ0v) is 36.4. The third-order valence-electron chi connectivity index (χ3n) is 12.4. The molecule has 9 aromatic carbocycles. The topological polar surface area (TPSA) is 38.7 Å². The second-order valence-corrected chi connectivity index (χ2v) is 16.7. The lowest BCUT2D eigenvalue weighted by Crippen LogP contribution is -2.00. The van der Waals surface area contributed by atoms with Crippen LogP contribution in [0.15, 0.2) is 249 Å². The summed E-state index contributed by atoms with van der Waals surface area (Å²) in [5.41, 5.74) is 19.3. The van der Waals surface area contributed by atoms with Gasteiger partial charge in [0, 0.05) is 16.7 Å². The summed E-state index contributed by atoms with van der Waals surface area (Å²) < 4.78 is 0. The molecule has 11 rings (SSSR count). The van der Waals surface area contributed by atoms with E-state index in [1.165, 1.54) is 50.1 Å². The fourth-order valence-electron chi connectivity index (χ4n) is 8.80. The van der Waals surface area contributed by atoms with Crippen LogP contribution in [0.4, 0.5) is 0 Å². The SMILES string of the molecule is C1=CC(c2cccc(-c3ccc(-c4nc(-c5ccc(-c6cccc(-c7ccccc7)c6)cc5)nc(-c5ccc(-c6cccc(-c7cccc(-c8ccccc8)c7)c6)cc5)n4)cc3)c2)=CCC1. The summed E-state index contributed by atoms with van der Waals surface area (Å²) in [5, 5.41) is 0. The molecule has 0 N–H and O–H groups in total. The van der Waals surface area contributed by atoms with Crippen LogP contribution in [0.1, 0.15) is 18.4 Å². The maximum Gasteiger partial charge on any atom is 0.164 e. The largest absolute Gasteiger partial charge is 0.208 e. The van der Waals surface area contributed by atoms with Gasteiger partial charge in [-0.1, -0.05) is 224 Å². The van der Waals surface area contributed by atoms with E-state index in [-0.39, 0.29) is 0 Å². The van der Waals surface area contributed by atoms with Crippen molar-refractivity contribution in [2.45, 2.75) is 12.8 Å². The molecule has 3 heteroatoms. The molecule has 0 amide bonds. The number of aromatic nitrogens is 3. The first-order valence-electron chi connectivity index (χ1n) is 22.6. The van der Waals surface area contributed by atoms with Gasteiger partial charge in [0.05, 0.1) is 0 Å². The van der Waals surface area contributed by atoms with E-state index in [9.17, 15) is 0 Å². The van der Waals surface area contributed by atoms with E-state index in [0.29, 0.717) is 17.5 Å². The lowest BCUT2D eigenvalue weighted by molar-refractivity contribution is 1.04. The van der Waals surface area contributed by atoms with Gasteiger partial charge in [-0.2, -0.15) is 0 Å². The molecule has 1 aliphatic carbocycles. The Hall–Kier alpha value is -8.53. The van der Waals surface area contributed by atoms with Crippen molar-refractivity contribution in [3.8, 4) is 101 Å². The third kappa shape index (κ3) is 8.71. The van der Waals surface area contributed by atoms with Crippen molar-refractivity contribution in [1.29, 1.82) is 0 Å². The Labute approximate surface area is 386 Å². The van der Waals surface area contributed by atoms with Crippen LogP contribution in [-0.4, -0.2) is 15.0 Å². The van der Waals surface area contributed by atoms with Crippen molar-refractivity contribution in [2.75, 3.05) is 0 Å². The molecule has 1 aliphatic rings. The molecule has 0 fully saturated rings. The quantitative estimate of drug-likeness (QED) is 0.138. The van der Waals surface area contributed by atoms with Crippen LogP contribution in [0.2, 0.25) is 0 Å². The highest BCUT2D eigenvalue weighted by atomic mass is 15.0. The molecule has 0 aliphatic heterocycles. The van der Waals surface area contributed by atoms with Gasteiger partial charge in [-0.25, -0.2) is 15.0 Å². The molecule has 1 aromatic heterocycles. The van der Waals surface area contributed by atoms with E-state index in [2.05, 4.69) is 249 Å². The molecule has 3 nitrogen and oxygen atoms in total. The maximum atomic E-state index is 5.13. The zero-order valence-electron chi connectivity index (χ0n) is 36.4. The van der Waals surface area contributed by atoms with E-state index in [4.69, 9.17) is 15.0 Å². The molecule has 0 saturated heterocycles. The van der Waals surface area contributed by atoms with Crippen molar-refractivity contribution in [3.05, 3.63) is 254 Å². The summed E-state index contributed by atoms with van der Waals surface area (Å²) in [7, 11) is 0. The molecule has 0 atom stereocenters. The van der Waals surface area contributed by atoms with Crippen molar-refractivity contribution >= 4 is 5.57 Å². The Balaban J connectivity index is 0.922. The lowest BCUT2D eigenvalue weighted by Gasteiger charge is -2.12. The van der Waals surface area contributed by atoms with Gasteiger partial charge in [0.15, 0.2) is 17.5 Å². The molecule has 66 heavy (non-hydrogen) atoms. The minimum Gasteiger partial charge on any atom is -0.208 e. The molecule has 1 heterocycles. The fraction of sp³-hybridized carbons (Fsp3) is 0.0317. The second kappa shape index (κ2) is 18.3. The van der Waals surface area contributed by atoms with Crippen LogP contribution in [0.3, 0.4) is 0 Å². The average molecular weight is 844 g/mol. The van der Waals surface area contributed by atoms with Crippen LogP contribution >= 0.6 is 0 Å². The summed E-state index contributed by atoms with van der Waals surface area (Å²) in [6.45, 7) is 0. The molecular formula is C63H45N3. The number of allylic oxidation sites excluding steroid dienone is 4. The summed E-state index contributed by atoms with van der Waals surface area (Å²) >= 11 is 0. The first-order valence-corrected chi connectivity index (χ1v) is 22.6. The smallest absolute Gasteiger partial charge is 0.164 e. The first kappa shape index (κ1) is 40.3. The van der Waals surface area contributed by atoms with Gasteiger partial charge in [0.25, 0.3) is 0 Å². The molecule has 0 unspecified atom stereocenters. The van der Waals surface area contributed by atoms with Crippen molar-refractivity contribution in [2.24, 2.45) is 0 Å². The van der Waals surface area contributed by atoms with Crippen LogP contribution in [0, 0.1) is 0 Å². The van der Waals surface area contributed by atoms with Gasteiger partial charge in [0.2, 0.25) is 0 Å². The van der Waals surface area contributed by atoms with E-state index in [1.807, 2.05) is 0 Å². The second-order valence-electron chi connectivity index (χ2n) is 16.7. The number of rotatable bonds is 10. The normalized spacial score (nSPS) is 12.2. The van der Waals surface area contributed by atoms with E-state index in [1.54, 1.807) is 0 Å². The van der Waals surface area contributed by atoms with Crippen molar-refractivity contribution in [1.82, 2.24) is 15.0 Å². The summed E-state index contributed by atoms with van der Waals surface area (Å²) in [6, 6.07) is 81.7. The van der Waals surface area contributed by atoms with Crippen LogP contribution in [0.25, 0.3) is 106 Å². The van der Waals surface area contributed by atoms with E-state index < -0.39 is 0 Å². The summed E-state index contributed by atoms with van der Waals surface area (Å²) in [4.78, 5) is 15.4. The highest BCUT2D eigenvalue weighted by Gasteiger charge is 2.15. The van der Waals surface area contributed by atoms with Crippen LogP contribution < -0.4 is 0 Å². The fourth-order valence-corrected chi connectivity index (χ4v) is 8.80. The number of nitrogens with zero attached hydrogens (tertiary/aromatic N) is 3. The Kier molecular flexibility index (Phi) is 11.2. The maximum absolute atomic E-state index is 5.13. The minimum absolute atomic E-state index is 0.623. The molecule has 0 radical (unpaired) electrons. The molecule has 0 saturated carbocycles. The van der Waals surface area contributed by atoms with Gasteiger partial charge >= 0.3 is 0 Å². The Morgan fingerprint density at radius 2 is 0.500 bits per heavy atom.